The molecule has 17 heavy (non-hydrogen) atoms. The summed E-state index contributed by atoms with van der Waals surface area (Å²) in [6.07, 6.45) is 1.10. The second-order valence-electron chi connectivity index (χ2n) is 4.82. The third kappa shape index (κ3) is 5.29. The summed E-state index contributed by atoms with van der Waals surface area (Å²) in [5, 5.41) is 3.31. The largest absolute Gasteiger partial charge is 0.369 e. The minimum absolute atomic E-state index is 0.204. The fourth-order valence-corrected chi connectivity index (χ4v) is 1.51. The Morgan fingerprint density at radius 1 is 1.29 bits per heavy atom. The van der Waals surface area contributed by atoms with Crippen LogP contribution >= 0.6 is 0 Å². The van der Waals surface area contributed by atoms with E-state index in [1.54, 1.807) is 12.1 Å². The van der Waals surface area contributed by atoms with Crippen LogP contribution < -0.4 is 5.32 Å². The van der Waals surface area contributed by atoms with Crippen LogP contribution in [0.15, 0.2) is 24.3 Å². The first-order chi connectivity index (χ1) is 8.05. The molecule has 0 aliphatic rings. The van der Waals surface area contributed by atoms with Gasteiger partial charge in [0, 0.05) is 12.1 Å². The maximum absolute atomic E-state index is 13.4. The van der Waals surface area contributed by atoms with Gasteiger partial charge in [-0.25, -0.2) is 4.39 Å². The summed E-state index contributed by atoms with van der Waals surface area (Å²) in [5.74, 6) is -0.204. The van der Waals surface area contributed by atoms with Gasteiger partial charge in [-0.2, -0.15) is 0 Å². The monoisotopic (exact) mass is 239 g/mol. The molecule has 3 heteroatoms. The molecule has 1 aromatic rings. The highest BCUT2D eigenvalue weighted by atomic mass is 19.1. The van der Waals surface area contributed by atoms with Gasteiger partial charge in [0.1, 0.15) is 5.82 Å². The van der Waals surface area contributed by atoms with Gasteiger partial charge in [0.15, 0.2) is 0 Å². The van der Waals surface area contributed by atoms with Crippen LogP contribution in [0.5, 0.6) is 0 Å². The van der Waals surface area contributed by atoms with Gasteiger partial charge in [-0.15, -0.1) is 0 Å². The van der Waals surface area contributed by atoms with Crippen molar-refractivity contribution in [2.45, 2.75) is 39.4 Å². The Labute approximate surface area is 103 Å². The minimum atomic E-state index is -0.280. The summed E-state index contributed by atoms with van der Waals surface area (Å²) < 4.78 is 19.1. The van der Waals surface area contributed by atoms with E-state index in [1.807, 2.05) is 19.9 Å². The Bertz CT molecular complexity index is 339. The standard InChI is InChI=1S/C14H22FNO/c1-4-9-16-11-14(2,3)17-10-12-7-5-6-8-13(12)15/h5-8,16H,4,9-11H2,1-3H3. The molecule has 0 bridgehead atoms. The topological polar surface area (TPSA) is 21.3 Å². The van der Waals surface area contributed by atoms with E-state index in [0.29, 0.717) is 12.2 Å². The van der Waals surface area contributed by atoms with Crippen molar-refractivity contribution in [2.75, 3.05) is 13.1 Å². The molecule has 0 heterocycles. The van der Waals surface area contributed by atoms with Crippen molar-refractivity contribution in [1.29, 1.82) is 0 Å². The normalized spacial score (nSPS) is 11.8. The lowest BCUT2D eigenvalue weighted by Gasteiger charge is -2.26. The second kappa shape index (κ2) is 6.72. The number of ether oxygens (including phenoxy) is 1. The molecule has 0 fully saturated rings. The predicted octanol–water partition coefficient (Wildman–Crippen LogP) is 3.12. The predicted molar refractivity (Wildman–Crippen MR) is 68.4 cm³/mol. The number of halogens is 1. The third-order valence-corrected chi connectivity index (χ3v) is 2.55. The number of hydrogen-bond donors (Lipinski definition) is 1. The van der Waals surface area contributed by atoms with Crippen LogP contribution in [-0.2, 0) is 11.3 Å². The maximum atomic E-state index is 13.4. The Morgan fingerprint density at radius 2 is 2.00 bits per heavy atom. The molecule has 0 saturated heterocycles. The third-order valence-electron chi connectivity index (χ3n) is 2.55. The first-order valence-electron chi connectivity index (χ1n) is 6.13. The molecule has 1 rings (SSSR count). The smallest absolute Gasteiger partial charge is 0.128 e. The van der Waals surface area contributed by atoms with Gasteiger partial charge in [-0.1, -0.05) is 25.1 Å². The highest BCUT2D eigenvalue weighted by Crippen LogP contribution is 2.14. The maximum Gasteiger partial charge on any atom is 0.128 e. The van der Waals surface area contributed by atoms with E-state index in [9.17, 15) is 4.39 Å². The highest BCUT2D eigenvalue weighted by Gasteiger charge is 2.18. The van der Waals surface area contributed by atoms with E-state index < -0.39 is 0 Å². The molecule has 96 valence electrons. The van der Waals surface area contributed by atoms with Crippen molar-refractivity contribution in [3.8, 4) is 0 Å². The van der Waals surface area contributed by atoms with Crippen LogP contribution in [-0.4, -0.2) is 18.7 Å². The van der Waals surface area contributed by atoms with Crippen molar-refractivity contribution in [2.24, 2.45) is 0 Å². The fourth-order valence-electron chi connectivity index (χ4n) is 1.51. The van der Waals surface area contributed by atoms with Crippen molar-refractivity contribution in [1.82, 2.24) is 5.32 Å². The molecule has 2 nitrogen and oxygen atoms in total. The summed E-state index contributed by atoms with van der Waals surface area (Å²) in [7, 11) is 0. The first-order valence-corrected chi connectivity index (χ1v) is 6.13. The van der Waals surface area contributed by atoms with E-state index >= 15 is 0 Å². The van der Waals surface area contributed by atoms with Gasteiger partial charge in [0.2, 0.25) is 0 Å². The van der Waals surface area contributed by atoms with E-state index in [4.69, 9.17) is 4.74 Å². The van der Waals surface area contributed by atoms with Crippen molar-refractivity contribution < 1.29 is 9.13 Å². The van der Waals surface area contributed by atoms with Crippen molar-refractivity contribution >= 4 is 0 Å². The van der Waals surface area contributed by atoms with Crippen molar-refractivity contribution in [3.63, 3.8) is 0 Å². The highest BCUT2D eigenvalue weighted by molar-refractivity contribution is 5.16. The van der Waals surface area contributed by atoms with Crippen LogP contribution in [0.3, 0.4) is 0 Å². The Hall–Kier alpha value is -0.930. The van der Waals surface area contributed by atoms with E-state index in [-0.39, 0.29) is 11.4 Å². The number of benzene rings is 1. The Kier molecular flexibility index (Phi) is 5.59. The Morgan fingerprint density at radius 3 is 2.65 bits per heavy atom. The average Bonchev–Trinajstić information content (AvgIpc) is 2.28. The van der Waals surface area contributed by atoms with Gasteiger partial charge < -0.3 is 10.1 Å². The molecular weight excluding hydrogens is 217 g/mol. The molecular formula is C14H22FNO. The summed E-state index contributed by atoms with van der Waals surface area (Å²) in [5.41, 5.74) is 0.327. The van der Waals surface area contributed by atoms with E-state index in [0.717, 1.165) is 19.5 Å². The molecule has 0 aliphatic carbocycles. The SMILES string of the molecule is CCCNCC(C)(C)OCc1ccccc1F. The number of hydrogen-bond acceptors (Lipinski definition) is 2. The molecule has 0 amide bonds. The summed E-state index contributed by atoms with van der Waals surface area (Å²) in [6.45, 7) is 8.21. The zero-order chi connectivity index (χ0) is 12.7. The number of nitrogens with one attached hydrogen (secondary N) is 1. The summed E-state index contributed by atoms with van der Waals surface area (Å²) in [4.78, 5) is 0. The van der Waals surface area contributed by atoms with Crippen LogP contribution in [0.2, 0.25) is 0 Å². The molecule has 1 N–H and O–H groups in total. The lowest BCUT2D eigenvalue weighted by atomic mass is 10.1. The molecule has 0 unspecified atom stereocenters. The molecule has 0 atom stereocenters. The quantitative estimate of drug-likeness (QED) is 0.738. The van der Waals surface area contributed by atoms with Crippen LogP contribution in [0.4, 0.5) is 4.39 Å². The number of rotatable bonds is 7. The minimum Gasteiger partial charge on any atom is -0.369 e. The van der Waals surface area contributed by atoms with Gasteiger partial charge >= 0.3 is 0 Å². The zero-order valence-electron chi connectivity index (χ0n) is 10.9. The van der Waals surface area contributed by atoms with Gasteiger partial charge in [-0.3, -0.25) is 0 Å². The summed E-state index contributed by atoms with van der Waals surface area (Å²) >= 11 is 0. The van der Waals surface area contributed by atoms with Gasteiger partial charge in [0.25, 0.3) is 0 Å². The summed E-state index contributed by atoms with van der Waals surface area (Å²) in [6, 6.07) is 6.72. The molecule has 0 aliphatic heterocycles. The Balaban J connectivity index is 2.41. The van der Waals surface area contributed by atoms with E-state index in [2.05, 4.69) is 12.2 Å². The zero-order valence-corrected chi connectivity index (χ0v) is 10.9. The molecule has 1 aromatic carbocycles. The van der Waals surface area contributed by atoms with Crippen molar-refractivity contribution in [3.05, 3.63) is 35.6 Å². The van der Waals surface area contributed by atoms with E-state index in [1.165, 1.54) is 6.07 Å². The van der Waals surface area contributed by atoms with Crippen LogP contribution in [0, 0.1) is 5.82 Å². The molecule has 0 saturated carbocycles. The van der Waals surface area contributed by atoms with Gasteiger partial charge in [-0.05, 0) is 32.9 Å². The molecule has 0 aromatic heterocycles. The van der Waals surface area contributed by atoms with Crippen LogP contribution in [0.25, 0.3) is 0 Å². The lowest BCUT2D eigenvalue weighted by Crippen LogP contribution is -2.37. The second-order valence-corrected chi connectivity index (χ2v) is 4.82. The molecule has 0 radical (unpaired) electrons. The lowest BCUT2D eigenvalue weighted by molar-refractivity contribution is -0.0288. The molecule has 0 spiro atoms. The van der Waals surface area contributed by atoms with Gasteiger partial charge in [0.05, 0.1) is 12.2 Å². The van der Waals surface area contributed by atoms with Crippen LogP contribution in [0.1, 0.15) is 32.8 Å². The fraction of sp³-hybridized carbons (Fsp3) is 0.571. The average molecular weight is 239 g/mol. The first kappa shape index (κ1) is 14.1.